The minimum Gasteiger partial charge on any atom is -0.481 e. The molecule has 0 fully saturated rings. The fourth-order valence-electron chi connectivity index (χ4n) is 3.96. The van der Waals surface area contributed by atoms with E-state index in [1.54, 1.807) is 0 Å². The lowest BCUT2D eigenvalue weighted by Crippen LogP contribution is -1.97. The molecular weight excluding hydrogens is 370 g/mol. The molecule has 0 radical (unpaired) electrons. The van der Waals surface area contributed by atoms with Crippen molar-refractivity contribution in [1.29, 1.82) is 0 Å². The van der Waals surface area contributed by atoms with Gasteiger partial charge < -0.3 is 9.67 Å². The van der Waals surface area contributed by atoms with Gasteiger partial charge >= 0.3 is 5.97 Å². The molecule has 0 amide bonds. The van der Waals surface area contributed by atoms with Gasteiger partial charge in [-0.3, -0.25) is 4.79 Å². The molecule has 1 aromatic heterocycles. The summed E-state index contributed by atoms with van der Waals surface area (Å²) in [6.45, 7) is 4.28. The zero-order chi connectivity index (χ0) is 21.1. The molecule has 0 aliphatic rings. The third-order valence-electron chi connectivity index (χ3n) is 5.87. The van der Waals surface area contributed by atoms with Gasteiger partial charge in [-0.25, -0.2) is 0 Å². The van der Waals surface area contributed by atoms with Crippen LogP contribution in [0.3, 0.4) is 0 Å². The van der Waals surface area contributed by atoms with Crippen LogP contribution in [0.5, 0.6) is 0 Å². The Hall–Kier alpha value is -3.33. The summed E-state index contributed by atoms with van der Waals surface area (Å²) in [6.07, 6.45) is 4.88. The molecule has 3 aromatic carbocycles. The Morgan fingerprint density at radius 1 is 0.833 bits per heavy atom. The van der Waals surface area contributed by atoms with E-state index >= 15 is 0 Å². The van der Waals surface area contributed by atoms with E-state index in [-0.39, 0.29) is 6.42 Å². The number of aromatic nitrogens is 1. The molecule has 3 nitrogen and oxygen atoms in total. The van der Waals surface area contributed by atoms with Gasteiger partial charge in [0, 0.05) is 23.7 Å². The molecule has 0 unspecified atom stereocenters. The predicted molar refractivity (Wildman–Crippen MR) is 123 cm³/mol. The molecule has 0 atom stereocenters. The molecule has 152 valence electrons. The third kappa shape index (κ3) is 4.30. The van der Waals surface area contributed by atoms with E-state index in [9.17, 15) is 4.79 Å². The molecule has 0 aliphatic carbocycles. The van der Waals surface area contributed by atoms with Crippen molar-refractivity contribution in [1.82, 2.24) is 4.57 Å². The molecule has 1 heterocycles. The normalized spacial score (nSPS) is 11.1. The van der Waals surface area contributed by atoms with Crippen molar-refractivity contribution >= 4 is 16.9 Å². The second kappa shape index (κ2) is 8.58. The summed E-state index contributed by atoms with van der Waals surface area (Å²) in [6, 6.07) is 23.5. The number of hydrogen-bond donors (Lipinski definition) is 1. The Labute approximate surface area is 177 Å². The Morgan fingerprint density at radius 2 is 1.63 bits per heavy atom. The second-order valence-corrected chi connectivity index (χ2v) is 8.02. The number of rotatable bonds is 7. The average molecular weight is 398 g/mol. The molecule has 0 spiro atoms. The lowest BCUT2D eigenvalue weighted by Gasteiger charge is -2.09. The highest BCUT2D eigenvalue weighted by atomic mass is 16.4. The van der Waals surface area contributed by atoms with Gasteiger partial charge in [0.15, 0.2) is 0 Å². The highest BCUT2D eigenvalue weighted by molar-refractivity contribution is 5.86. The van der Waals surface area contributed by atoms with Crippen LogP contribution in [-0.2, 0) is 24.1 Å². The Morgan fingerprint density at radius 3 is 2.37 bits per heavy atom. The van der Waals surface area contributed by atoms with E-state index in [2.05, 4.69) is 85.3 Å². The number of carbonyl (C=O) groups is 1. The molecule has 0 saturated heterocycles. The third-order valence-corrected chi connectivity index (χ3v) is 5.87. The van der Waals surface area contributed by atoms with Gasteiger partial charge in [-0.2, -0.15) is 0 Å². The van der Waals surface area contributed by atoms with E-state index < -0.39 is 5.97 Å². The molecular formula is C27H27NO2. The van der Waals surface area contributed by atoms with Crippen molar-refractivity contribution in [3.8, 4) is 5.69 Å². The SMILES string of the molecule is Cc1ccc(-n2cc(CCc3ccccc3)c3cc(CCC(=O)O)ccc32)cc1C. The van der Waals surface area contributed by atoms with E-state index in [0.29, 0.717) is 6.42 Å². The summed E-state index contributed by atoms with van der Waals surface area (Å²) in [5.74, 6) is -0.757. The summed E-state index contributed by atoms with van der Waals surface area (Å²) >= 11 is 0. The molecule has 0 bridgehead atoms. The van der Waals surface area contributed by atoms with Crippen molar-refractivity contribution in [3.05, 3.63) is 101 Å². The summed E-state index contributed by atoms with van der Waals surface area (Å²) in [4.78, 5) is 11.0. The van der Waals surface area contributed by atoms with Gasteiger partial charge in [0.1, 0.15) is 0 Å². The first-order valence-corrected chi connectivity index (χ1v) is 10.5. The fourth-order valence-corrected chi connectivity index (χ4v) is 3.96. The van der Waals surface area contributed by atoms with Gasteiger partial charge in [0.25, 0.3) is 0 Å². The van der Waals surface area contributed by atoms with Gasteiger partial charge in [0.05, 0.1) is 5.52 Å². The zero-order valence-electron chi connectivity index (χ0n) is 17.6. The summed E-state index contributed by atoms with van der Waals surface area (Å²) in [5.41, 5.74) is 8.58. The van der Waals surface area contributed by atoms with Crippen LogP contribution >= 0.6 is 0 Å². The van der Waals surface area contributed by atoms with Crippen LogP contribution in [-0.4, -0.2) is 15.6 Å². The number of aryl methyl sites for hydroxylation is 5. The molecule has 0 saturated carbocycles. The predicted octanol–water partition coefficient (Wildman–Crippen LogP) is 6.05. The van der Waals surface area contributed by atoms with Crippen LogP contribution in [0.25, 0.3) is 16.6 Å². The van der Waals surface area contributed by atoms with E-state index in [1.807, 2.05) is 6.07 Å². The summed E-state index contributed by atoms with van der Waals surface area (Å²) in [5, 5.41) is 10.3. The van der Waals surface area contributed by atoms with Gasteiger partial charge in [-0.15, -0.1) is 0 Å². The lowest BCUT2D eigenvalue weighted by molar-refractivity contribution is -0.136. The molecule has 1 N–H and O–H groups in total. The van der Waals surface area contributed by atoms with Crippen molar-refractivity contribution in [2.45, 2.75) is 39.5 Å². The highest BCUT2D eigenvalue weighted by Gasteiger charge is 2.12. The van der Waals surface area contributed by atoms with E-state index in [0.717, 1.165) is 24.1 Å². The molecule has 4 rings (SSSR count). The maximum Gasteiger partial charge on any atom is 0.303 e. The first-order chi connectivity index (χ1) is 14.5. The van der Waals surface area contributed by atoms with Crippen LogP contribution < -0.4 is 0 Å². The van der Waals surface area contributed by atoms with Crippen LogP contribution in [0.4, 0.5) is 0 Å². The van der Waals surface area contributed by atoms with Gasteiger partial charge in [-0.05, 0) is 85.2 Å². The number of carboxylic acids is 1. The number of carboxylic acid groups (broad SMARTS) is 1. The maximum atomic E-state index is 11.0. The monoisotopic (exact) mass is 397 g/mol. The van der Waals surface area contributed by atoms with Crippen LogP contribution in [0.15, 0.2) is 72.9 Å². The maximum absolute atomic E-state index is 11.0. The number of aliphatic carboxylic acids is 1. The van der Waals surface area contributed by atoms with E-state index in [1.165, 1.54) is 33.2 Å². The van der Waals surface area contributed by atoms with Crippen molar-refractivity contribution in [3.63, 3.8) is 0 Å². The Bertz CT molecular complexity index is 1190. The molecule has 4 aromatic rings. The Balaban J connectivity index is 1.75. The van der Waals surface area contributed by atoms with Gasteiger partial charge in [-0.1, -0.05) is 42.5 Å². The van der Waals surface area contributed by atoms with Crippen LogP contribution in [0, 0.1) is 13.8 Å². The summed E-state index contributed by atoms with van der Waals surface area (Å²) < 4.78 is 2.27. The zero-order valence-corrected chi connectivity index (χ0v) is 17.6. The summed E-state index contributed by atoms with van der Waals surface area (Å²) in [7, 11) is 0. The average Bonchev–Trinajstić information content (AvgIpc) is 3.11. The van der Waals surface area contributed by atoms with Crippen LogP contribution in [0.1, 0.15) is 34.2 Å². The minimum absolute atomic E-state index is 0.155. The number of hydrogen-bond acceptors (Lipinski definition) is 1. The van der Waals surface area contributed by atoms with Crippen LogP contribution in [0.2, 0.25) is 0 Å². The first-order valence-electron chi connectivity index (χ1n) is 10.5. The van der Waals surface area contributed by atoms with Crippen molar-refractivity contribution in [2.75, 3.05) is 0 Å². The molecule has 30 heavy (non-hydrogen) atoms. The number of benzene rings is 3. The first kappa shape index (κ1) is 20.0. The van der Waals surface area contributed by atoms with Gasteiger partial charge in [0.2, 0.25) is 0 Å². The quantitative estimate of drug-likeness (QED) is 0.412. The van der Waals surface area contributed by atoms with Crippen molar-refractivity contribution < 1.29 is 9.90 Å². The molecule has 3 heteroatoms. The molecule has 0 aliphatic heterocycles. The largest absolute Gasteiger partial charge is 0.481 e. The smallest absolute Gasteiger partial charge is 0.303 e. The Kier molecular flexibility index (Phi) is 5.71. The van der Waals surface area contributed by atoms with E-state index in [4.69, 9.17) is 5.11 Å². The fraction of sp³-hybridized carbons (Fsp3) is 0.222. The highest BCUT2D eigenvalue weighted by Crippen LogP contribution is 2.28. The lowest BCUT2D eigenvalue weighted by atomic mass is 10.0. The topological polar surface area (TPSA) is 42.2 Å². The standard InChI is InChI=1S/C27H27NO2/c1-19-8-13-24(16-20(19)2)28-18-23(12-9-21-6-4-3-5-7-21)25-17-22(10-14-26(25)28)11-15-27(29)30/h3-8,10,13-14,16-18H,9,11-12,15H2,1-2H3,(H,29,30). The van der Waals surface area contributed by atoms with Crippen molar-refractivity contribution in [2.24, 2.45) is 0 Å². The number of nitrogens with zero attached hydrogens (tertiary/aromatic N) is 1. The second-order valence-electron chi connectivity index (χ2n) is 8.02. The number of fused-ring (bicyclic) bond motifs is 1. The minimum atomic E-state index is -0.757.